The fraction of sp³-hybridized carbons (Fsp3) is 0.519. The van der Waals surface area contributed by atoms with Crippen LogP contribution in [0.1, 0.15) is 49.9 Å². The van der Waals surface area contributed by atoms with Crippen molar-refractivity contribution in [3.8, 4) is 11.5 Å². The van der Waals surface area contributed by atoms with Crippen LogP contribution < -0.4 is 14.8 Å². The number of carbonyl (C=O) groups excluding carboxylic acids is 1. The number of sulfonamides is 1. The summed E-state index contributed by atoms with van der Waals surface area (Å²) in [6, 6.07) is 11.0. The van der Waals surface area contributed by atoms with E-state index in [1.54, 1.807) is 30.3 Å². The topological polar surface area (TPSA) is 184 Å². The van der Waals surface area contributed by atoms with Crippen molar-refractivity contribution >= 4 is 21.7 Å². The number of hydrogen-bond donors (Lipinski definition) is 6. The van der Waals surface area contributed by atoms with Crippen molar-refractivity contribution in [2.24, 2.45) is 0 Å². The summed E-state index contributed by atoms with van der Waals surface area (Å²) in [5, 5.41) is 43.3. The van der Waals surface area contributed by atoms with E-state index in [0.29, 0.717) is 18.7 Å². The first-order chi connectivity index (χ1) is 19.1. The Morgan fingerprint density at radius 2 is 1.70 bits per heavy atom. The SMILES string of the molecule is CCCCNc1cc(C(=O)OCCCC)cc(S(=O)(=O)NC2O[C@H](CO)[C@@H](O)[C@H](O)[C@H]2O)c1Oc1ccccc1. The zero-order valence-electron chi connectivity index (χ0n) is 22.5. The minimum absolute atomic E-state index is 0.0512. The zero-order chi connectivity index (χ0) is 29.3. The lowest BCUT2D eigenvalue weighted by molar-refractivity contribution is -0.231. The van der Waals surface area contributed by atoms with E-state index in [4.69, 9.17) is 14.2 Å². The molecule has 40 heavy (non-hydrogen) atoms. The average Bonchev–Trinajstić information content (AvgIpc) is 2.94. The van der Waals surface area contributed by atoms with Crippen molar-refractivity contribution in [1.29, 1.82) is 0 Å². The van der Waals surface area contributed by atoms with Crippen molar-refractivity contribution in [1.82, 2.24) is 4.72 Å². The van der Waals surface area contributed by atoms with Crippen molar-refractivity contribution in [3.05, 3.63) is 48.0 Å². The van der Waals surface area contributed by atoms with E-state index >= 15 is 0 Å². The number of anilines is 1. The molecule has 13 heteroatoms. The number of aliphatic hydroxyl groups is 4. The van der Waals surface area contributed by atoms with Gasteiger partial charge in [0, 0.05) is 6.54 Å². The number of esters is 1. The van der Waals surface area contributed by atoms with Crippen molar-refractivity contribution < 1.29 is 47.8 Å². The molecule has 1 aliphatic heterocycles. The number of carbonyl (C=O) groups is 1. The number of benzene rings is 2. The minimum atomic E-state index is -4.63. The molecule has 2 aromatic carbocycles. The molecule has 1 heterocycles. The van der Waals surface area contributed by atoms with Gasteiger partial charge in [-0.3, -0.25) is 0 Å². The maximum Gasteiger partial charge on any atom is 0.338 e. The van der Waals surface area contributed by atoms with E-state index in [2.05, 4.69) is 10.0 Å². The van der Waals surface area contributed by atoms with Gasteiger partial charge in [-0.15, -0.1) is 0 Å². The van der Waals surface area contributed by atoms with Gasteiger partial charge in [-0.05, 0) is 37.1 Å². The summed E-state index contributed by atoms with van der Waals surface area (Å²) in [6.45, 7) is 3.80. The maximum absolute atomic E-state index is 13.8. The summed E-state index contributed by atoms with van der Waals surface area (Å²) in [6.07, 6.45) is -5.38. The van der Waals surface area contributed by atoms with Crippen LogP contribution in [0.3, 0.4) is 0 Å². The molecule has 0 aliphatic carbocycles. The van der Waals surface area contributed by atoms with Gasteiger partial charge in [0.25, 0.3) is 0 Å². The van der Waals surface area contributed by atoms with E-state index in [-0.39, 0.29) is 23.6 Å². The lowest BCUT2D eigenvalue weighted by Crippen LogP contribution is -2.63. The van der Waals surface area contributed by atoms with Crippen LogP contribution >= 0.6 is 0 Å². The van der Waals surface area contributed by atoms with Gasteiger partial charge in [-0.25, -0.2) is 13.2 Å². The third kappa shape index (κ3) is 7.91. The highest BCUT2D eigenvalue weighted by molar-refractivity contribution is 7.89. The number of aliphatic hydroxyl groups excluding tert-OH is 4. The number of hydrogen-bond acceptors (Lipinski definition) is 11. The molecular formula is C27H38N2O10S. The Balaban J connectivity index is 2.09. The molecule has 2 aromatic rings. The van der Waals surface area contributed by atoms with Gasteiger partial charge in [0.15, 0.2) is 12.0 Å². The second kappa shape index (κ2) is 14.7. The molecule has 5 atom stereocenters. The molecule has 0 spiro atoms. The quantitative estimate of drug-likeness (QED) is 0.141. The van der Waals surface area contributed by atoms with Gasteiger partial charge in [0.1, 0.15) is 35.1 Å². The number of unbranched alkanes of at least 4 members (excludes halogenated alkanes) is 2. The Morgan fingerprint density at radius 1 is 1.00 bits per heavy atom. The molecule has 1 aliphatic rings. The highest BCUT2D eigenvalue weighted by Gasteiger charge is 2.45. The Labute approximate surface area is 233 Å². The fourth-order valence-electron chi connectivity index (χ4n) is 3.97. The van der Waals surface area contributed by atoms with Crippen LogP contribution in [0.25, 0.3) is 0 Å². The molecule has 6 N–H and O–H groups in total. The van der Waals surface area contributed by atoms with Gasteiger partial charge in [0.2, 0.25) is 10.0 Å². The Hall–Kier alpha value is -2.78. The van der Waals surface area contributed by atoms with Crippen LogP contribution in [-0.2, 0) is 19.5 Å². The molecule has 1 fully saturated rings. The Bertz CT molecular complexity index is 1210. The molecule has 0 saturated carbocycles. The number of nitrogens with one attached hydrogen (secondary N) is 2. The van der Waals surface area contributed by atoms with Gasteiger partial charge >= 0.3 is 5.97 Å². The summed E-state index contributed by atoms with van der Waals surface area (Å²) in [5.41, 5.74) is 0.168. The first-order valence-corrected chi connectivity index (χ1v) is 14.8. The van der Waals surface area contributed by atoms with Crippen LogP contribution in [0.15, 0.2) is 47.4 Å². The number of ether oxygens (including phenoxy) is 3. The fourth-order valence-corrected chi connectivity index (χ4v) is 5.28. The molecule has 1 unspecified atom stereocenters. The van der Waals surface area contributed by atoms with Crippen LogP contribution in [0.2, 0.25) is 0 Å². The van der Waals surface area contributed by atoms with E-state index in [1.165, 1.54) is 6.07 Å². The smallest absolute Gasteiger partial charge is 0.338 e. The second-order valence-electron chi connectivity index (χ2n) is 9.41. The van der Waals surface area contributed by atoms with Crippen molar-refractivity contribution in [2.45, 2.75) is 75.1 Å². The van der Waals surface area contributed by atoms with Gasteiger partial charge in [0.05, 0.1) is 24.5 Å². The summed E-state index contributed by atoms with van der Waals surface area (Å²) in [5.74, 6) is -0.532. The molecule has 222 valence electrons. The highest BCUT2D eigenvalue weighted by Crippen LogP contribution is 2.38. The van der Waals surface area contributed by atoms with Crippen molar-refractivity contribution in [2.75, 3.05) is 25.1 Å². The first kappa shape index (κ1) is 31.7. The molecule has 0 bridgehead atoms. The first-order valence-electron chi connectivity index (χ1n) is 13.3. The van der Waals surface area contributed by atoms with Crippen LogP contribution in [0.4, 0.5) is 5.69 Å². The van der Waals surface area contributed by atoms with Crippen LogP contribution in [-0.4, -0.2) is 85.2 Å². The number of para-hydroxylation sites is 1. The summed E-state index contributed by atoms with van der Waals surface area (Å²) in [4.78, 5) is 12.4. The summed E-state index contributed by atoms with van der Waals surface area (Å²) >= 11 is 0. The molecule has 1 saturated heterocycles. The monoisotopic (exact) mass is 582 g/mol. The molecule has 0 aromatic heterocycles. The predicted molar refractivity (Wildman–Crippen MR) is 146 cm³/mol. The summed E-state index contributed by atoms with van der Waals surface area (Å²) < 4.78 is 46.4. The maximum atomic E-state index is 13.8. The van der Waals surface area contributed by atoms with E-state index < -0.39 is 58.1 Å². The van der Waals surface area contributed by atoms with E-state index in [0.717, 1.165) is 25.3 Å². The molecule has 12 nitrogen and oxygen atoms in total. The number of rotatable bonds is 14. The third-order valence-corrected chi connectivity index (χ3v) is 7.71. The Morgan fingerprint density at radius 3 is 2.35 bits per heavy atom. The second-order valence-corrected chi connectivity index (χ2v) is 11.1. The minimum Gasteiger partial charge on any atom is -0.462 e. The lowest BCUT2D eigenvalue weighted by atomic mass is 9.99. The standard InChI is InChI=1S/C27H38N2O10S/c1-3-5-12-28-19-14-17(27(34)37-13-6-4-2)15-21(25(19)38-18-10-8-7-9-11-18)40(35,36)29-26-24(33)23(32)22(31)20(16-30)39-26/h7-11,14-15,20,22-24,26,28-33H,3-6,12-13,16H2,1-2H3/t20-,22-,23+,24-,26?/m1/s1. The lowest BCUT2D eigenvalue weighted by Gasteiger charge is -2.40. The van der Waals surface area contributed by atoms with E-state index in [1.807, 2.05) is 13.8 Å². The molecule has 0 radical (unpaired) electrons. The molecule has 0 amide bonds. The van der Waals surface area contributed by atoms with Crippen LogP contribution in [0, 0.1) is 0 Å². The van der Waals surface area contributed by atoms with Crippen molar-refractivity contribution in [3.63, 3.8) is 0 Å². The van der Waals surface area contributed by atoms with Crippen LogP contribution in [0.5, 0.6) is 11.5 Å². The normalized spacial score (nSPS) is 23.0. The molecule has 3 rings (SSSR count). The highest BCUT2D eigenvalue weighted by atomic mass is 32.2. The van der Waals surface area contributed by atoms with Gasteiger partial charge < -0.3 is 40.0 Å². The van der Waals surface area contributed by atoms with Gasteiger partial charge in [-0.2, -0.15) is 4.72 Å². The average molecular weight is 583 g/mol. The largest absolute Gasteiger partial charge is 0.462 e. The summed E-state index contributed by atoms with van der Waals surface area (Å²) in [7, 11) is -4.63. The predicted octanol–water partition coefficient (Wildman–Crippen LogP) is 1.73. The van der Waals surface area contributed by atoms with E-state index in [9.17, 15) is 33.6 Å². The zero-order valence-corrected chi connectivity index (χ0v) is 23.3. The Kier molecular flexibility index (Phi) is 11.7. The van der Waals surface area contributed by atoms with Gasteiger partial charge in [-0.1, -0.05) is 44.9 Å². The third-order valence-electron chi connectivity index (χ3n) is 6.28. The molecular weight excluding hydrogens is 544 g/mol.